The van der Waals surface area contributed by atoms with Gasteiger partial charge in [0.1, 0.15) is 23.7 Å². The fourth-order valence-electron chi connectivity index (χ4n) is 7.33. The van der Waals surface area contributed by atoms with Crippen LogP contribution in [0.1, 0.15) is 91.0 Å². The van der Waals surface area contributed by atoms with Gasteiger partial charge in [0.2, 0.25) is 11.8 Å². The lowest BCUT2D eigenvalue weighted by Gasteiger charge is -2.30. The second kappa shape index (κ2) is 16.6. The standard InChI is InChI=1S/C38H54N8O6/c1-9-23-15-29(45(19-23)35(47)31(21(3)4)43-37(49)51-7)33-39-17-27(41-33)25-11-13-26(14-12-25)28-18-40-34(42-28)30-16-24(10-2)20-46(30)36(48)32(22(5)6)44-38(50)52-8/h11-14,17-18,21-24,29-32H,9-10,15-16,19-20H2,1-8H3,(H,39,41)(H,40,42)(H,43,49)(H,44,50)/t23-,24-,29-,30-,31-,32-/m0/s1. The number of ether oxygens (including phenoxy) is 2. The second-order valence-electron chi connectivity index (χ2n) is 14.7. The molecule has 6 atom stereocenters. The number of benzene rings is 1. The van der Waals surface area contributed by atoms with Crippen LogP contribution >= 0.6 is 0 Å². The highest BCUT2D eigenvalue weighted by molar-refractivity contribution is 5.87. The summed E-state index contributed by atoms with van der Waals surface area (Å²) in [5.74, 6) is 1.54. The van der Waals surface area contributed by atoms with E-state index < -0.39 is 24.3 Å². The predicted octanol–water partition coefficient (Wildman–Crippen LogP) is 5.83. The molecule has 0 unspecified atom stereocenters. The minimum absolute atomic E-state index is 0.120. The molecule has 0 saturated carbocycles. The van der Waals surface area contributed by atoms with Crippen molar-refractivity contribution in [2.75, 3.05) is 27.3 Å². The Labute approximate surface area is 305 Å². The van der Waals surface area contributed by atoms with Crippen LogP contribution in [0.3, 0.4) is 0 Å². The summed E-state index contributed by atoms with van der Waals surface area (Å²) < 4.78 is 9.57. The number of imidazole rings is 2. The molecule has 52 heavy (non-hydrogen) atoms. The van der Waals surface area contributed by atoms with Gasteiger partial charge in [0.25, 0.3) is 0 Å². The highest BCUT2D eigenvalue weighted by Gasteiger charge is 2.42. The Balaban J connectivity index is 1.32. The van der Waals surface area contributed by atoms with Crippen LogP contribution in [0.2, 0.25) is 0 Å². The maximum atomic E-state index is 13.8. The molecular weight excluding hydrogens is 664 g/mol. The van der Waals surface area contributed by atoms with Crippen molar-refractivity contribution in [2.24, 2.45) is 23.7 Å². The number of hydrogen-bond acceptors (Lipinski definition) is 8. The van der Waals surface area contributed by atoms with Gasteiger partial charge < -0.3 is 39.9 Å². The van der Waals surface area contributed by atoms with E-state index in [0.29, 0.717) is 36.6 Å². The number of hydrogen-bond donors (Lipinski definition) is 4. The van der Waals surface area contributed by atoms with E-state index in [-0.39, 0.29) is 35.7 Å². The number of carbonyl (C=O) groups excluding carboxylic acids is 4. The van der Waals surface area contributed by atoms with Crippen LogP contribution in [0.25, 0.3) is 22.5 Å². The lowest BCUT2D eigenvalue weighted by atomic mass is 10.0. The molecule has 2 aromatic heterocycles. The topological polar surface area (TPSA) is 175 Å². The number of nitrogens with one attached hydrogen (secondary N) is 4. The van der Waals surface area contributed by atoms with E-state index in [2.05, 4.69) is 34.4 Å². The van der Waals surface area contributed by atoms with Crippen LogP contribution in [0.15, 0.2) is 36.7 Å². The monoisotopic (exact) mass is 718 g/mol. The van der Waals surface area contributed by atoms with Gasteiger partial charge in [-0.15, -0.1) is 0 Å². The van der Waals surface area contributed by atoms with Crippen molar-refractivity contribution in [3.63, 3.8) is 0 Å². The summed E-state index contributed by atoms with van der Waals surface area (Å²) in [5.41, 5.74) is 3.54. The van der Waals surface area contributed by atoms with Crippen LogP contribution in [0.5, 0.6) is 0 Å². The highest BCUT2D eigenvalue weighted by Crippen LogP contribution is 2.39. The third kappa shape index (κ3) is 8.26. The van der Waals surface area contributed by atoms with E-state index in [1.54, 1.807) is 12.4 Å². The molecule has 2 fully saturated rings. The van der Waals surface area contributed by atoms with Crippen molar-refractivity contribution in [3.8, 4) is 22.5 Å². The maximum absolute atomic E-state index is 13.8. The van der Waals surface area contributed by atoms with E-state index in [4.69, 9.17) is 19.4 Å². The lowest BCUT2D eigenvalue weighted by molar-refractivity contribution is -0.136. The van der Waals surface area contributed by atoms with Crippen molar-refractivity contribution in [1.82, 2.24) is 40.4 Å². The normalized spacial score (nSPS) is 21.3. The maximum Gasteiger partial charge on any atom is 0.407 e. The smallest absolute Gasteiger partial charge is 0.407 e. The van der Waals surface area contributed by atoms with Gasteiger partial charge in [-0.05, 0) is 47.6 Å². The van der Waals surface area contributed by atoms with Gasteiger partial charge in [0.15, 0.2) is 0 Å². The molecule has 282 valence electrons. The third-order valence-corrected chi connectivity index (χ3v) is 10.6. The van der Waals surface area contributed by atoms with Crippen molar-refractivity contribution in [3.05, 3.63) is 48.3 Å². The van der Waals surface area contributed by atoms with Gasteiger partial charge in [-0.25, -0.2) is 19.6 Å². The first kappa shape index (κ1) is 38.4. The number of amides is 4. The van der Waals surface area contributed by atoms with Gasteiger partial charge in [0, 0.05) is 13.1 Å². The molecule has 1 aromatic carbocycles. The Bertz CT molecular complexity index is 1580. The van der Waals surface area contributed by atoms with Crippen LogP contribution in [0.4, 0.5) is 9.59 Å². The first-order valence-corrected chi connectivity index (χ1v) is 18.4. The SMILES string of the molecule is CC[C@H]1C[C@@H](c2ncc(-c3ccc(-c4cnc([C@@H]5C[C@H](CC)CN5C(=O)[C@@H](NC(=O)OC)C(C)C)[nH]4)cc3)[nH]2)N(C(=O)[C@@H](NC(=O)OC)C(C)C)C1. The molecule has 2 saturated heterocycles. The van der Waals surface area contributed by atoms with Crippen LogP contribution in [0, 0.1) is 23.7 Å². The summed E-state index contributed by atoms with van der Waals surface area (Å²) >= 11 is 0. The molecule has 2 aliphatic heterocycles. The lowest BCUT2D eigenvalue weighted by Crippen LogP contribution is -2.51. The minimum Gasteiger partial charge on any atom is -0.453 e. The Morgan fingerprint density at radius 1 is 0.712 bits per heavy atom. The van der Waals surface area contributed by atoms with Gasteiger partial charge >= 0.3 is 12.2 Å². The molecule has 14 heteroatoms. The van der Waals surface area contributed by atoms with Crippen molar-refractivity contribution in [1.29, 1.82) is 0 Å². The van der Waals surface area contributed by atoms with Crippen molar-refractivity contribution < 1.29 is 28.7 Å². The van der Waals surface area contributed by atoms with E-state index in [1.807, 2.05) is 61.8 Å². The minimum atomic E-state index is -0.707. The number of likely N-dealkylation sites (tertiary alicyclic amines) is 2. The molecule has 14 nitrogen and oxygen atoms in total. The molecule has 4 heterocycles. The largest absolute Gasteiger partial charge is 0.453 e. The number of nitrogens with zero attached hydrogens (tertiary/aromatic N) is 4. The third-order valence-electron chi connectivity index (χ3n) is 10.6. The van der Waals surface area contributed by atoms with E-state index >= 15 is 0 Å². The number of rotatable bonds is 12. The summed E-state index contributed by atoms with van der Waals surface area (Å²) in [6.07, 6.45) is 5.75. The van der Waals surface area contributed by atoms with Crippen molar-refractivity contribution in [2.45, 2.75) is 91.4 Å². The zero-order valence-electron chi connectivity index (χ0n) is 31.6. The molecule has 4 N–H and O–H groups in total. The Hall–Kier alpha value is -4.88. The number of H-pyrrole nitrogens is 2. The molecule has 0 radical (unpaired) electrons. The molecule has 3 aromatic rings. The van der Waals surface area contributed by atoms with Crippen LogP contribution in [-0.4, -0.2) is 93.1 Å². The first-order valence-electron chi connectivity index (χ1n) is 18.4. The van der Waals surface area contributed by atoms with Gasteiger partial charge in [-0.3, -0.25) is 9.59 Å². The molecule has 5 rings (SSSR count). The van der Waals surface area contributed by atoms with Gasteiger partial charge in [-0.2, -0.15) is 0 Å². The average molecular weight is 719 g/mol. The second-order valence-corrected chi connectivity index (χ2v) is 14.7. The zero-order valence-corrected chi connectivity index (χ0v) is 31.6. The summed E-state index contributed by atoms with van der Waals surface area (Å²) in [5, 5.41) is 5.43. The zero-order chi connectivity index (χ0) is 37.7. The number of aromatic amines is 2. The van der Waals surface area contributed by atoms with E-state index in [1.165, 1.54) is 14.2 Å². The summed E-state index contributed by atoms with van der Waals surface area (Å²) in [4.78, 5) is 71.7. The Kier molecular flexibility index (Phi) is 12.3. The summed E-state index contributed by atoms with van der Waals surface area (Å²) in [6.45, 7) is 13.1. The highest BCUT2D eigenvalue weighted by atomic mass is 16.5. The number of methoxy groups -OCH3 is 2. The molecular formula is C38H54N8O6. The number of carbonyl (C=O) groups is 4. The van der Waals surface area contributed by atoms with E-state index in [9.17, 15) is 19.2 Å². The van der Waals surface area contributed by atoms with Crippen LogP contribution in [-0.2, 0) is 19.1 Å². The molecule has 2 aliphatic rings. The Morgan fingerprint density at radius 3 is 1.38 bits per heavy atom. The quantitative estimate of drug-likeness (QED) is 0.181. The van der Waals surface area contributed by atoms with Crippen LogP contribution < -0.4 is 10.6 Å². The predicted molar refractivity (Wildman–Crippen MR) is 196 cm³/mol. The fraction of sp³-hybridized carbons (Fsp3) is 0.579. The van der Waals surface area contributed by atoms with E-state index in [0.717, 1.165) is 48.2 Å². The van der Waals surface area contributed by atoms with Crippen molar-refractivity contribution >= 4 is 24.0 Å². The molecule has 0 aliphatic carbocycles. The van der Waals surface area contributed by atoms with Gasteiger partial charge in [-0.1, -0.05) is 78.6 Å². The molecule has 0 bridgehead atoms. The fourth-order valence-corrected chi connectivity index (χ4v) is 7.33. The molecule has 0 spiro atoms. The average Bonchev–Trinajstić information content (AvgIpc) is 3.97. The van der Waals surface area contributed by atoms with Gasteiger partial charge in [0.05, 0.1) is 50.1 Å². The molecule has 4 amide bonds. The number of alkyl carbamates (subject to hydrolysis) is 2. The Morgan fingerprint density at radius 2 is 1.08 bits per heavy atom. The first-order chi connectivity index (χ1) is 24.9. The summed E-state index contributed by atoms with van der Waals surface area (Å²) in [7, 11) is 2.58. The number of aromatic nitrogens is 4. The summed E-state index contributed by atoms with van der Waals surface area (Å²) in [6, 6.07) is 6.16.